The number of hydrogen-bond acceptors (Lipinski definition) is 10. The van der Waals surface area contributed by atoms with Crippen LogP contribution in [-0.4, -0.2) is 50.2 Å². The maximum Gasteiger partial charge on any atom is 0.222 e. The van der Waals surface area contributed by atoms with Gasteiger partial charge in [-0.05, 0) is 33.8 Å². The maximum atomic E-state index is 9.31. The number of fused-ring (bicyclic) bond motifs is 6. The molecular formula is C26H31N9O2. The molecule has 0 unspecified atom stereocenters. The zero-order chi connectivity index (χ0) is 26.6. The lowest BCUT2D eigenvalue weighted by atomic mass is 9.96. The first-order valence-electron chi connectivity index (χ1n) is 12.0. The number of nitriles is 1. The molecule has 1 aliphatic rings. The Bertz CT molecular complexity index is 1380. The minimum absolute atomic E-state index is 0.184. The molecule has 0 saturated carbocycles. The van der Waals surface area contributed by atoms with E-state index in [1.807, 2.05) is 33.9 Å². The number of aliphatic imine (C=N–C) groups is 1. The molecule has 0 radical (unpaired) electrons. The molecule has 3 N–H and O–H groups in total. The zero-order valence-electron chi connectivity index (χ0n) is 21.7. The first-order valence-corrected chi connectivity index (χ1v) is 12.0. The number of nitrogens with one attached hydrogen (secondary N) is 1. The van der Waals surface area contributed by atoms with E-state index in [-0.39, 0.29) is 6.10 Å². The van der Waals surface area contributed by atoms with E-state index < -0.39 is 5.41 Å². The molecule has 0 amide bonds. The molecule has 11 heteroatoms. The number of anilines is 2. The predicted molar refractivity (Wildman–Crippen MR) is 141 cm³/mol. The molecule has 1 atom stereocenters. The van der Waals surface area contributed by atoms with Crippen LogP contribution in [0.1, 0.15) is 39.7 Å². The van der Waals surface area contributed by atoms with Gasteiger partial charge in [0.05, 0.1) is 36.9 Å². The summed E-state index contributed by atoms with van der Waals surface area (Å²) in [7, 11) is 1.81. The minimum Gasteiger partial charge on any atom is -0.490 e. The predicted octanol–water partition coefficient (Wildman–Crippen LogP) is 3.88. The lowest BCUT2D eigenvalue weighted by Crippen LogP contribution is -2.18. The number of allylic oxidation sites excluding steroid dienone is 2. The monoisotopic (exact) mass is 501 g/mol. The second-order valence-electron chi connectivity index (χ2n) is 9.57. The molecule has 1 aliphatic heterocycles. The third-order valence-corrected chi connectivity index (χ3v) is 5.72. The van der Waals surface area contributed by atoms with E-state index >= 15 is 0 Å². The van der Waals surface area contributed by atoms with Crippen molar-refractivity contribution in [3.63, 3.8) is 0 Å². The van der Waals surface area contributed by atoms with E-state index in [0.29, 0.717) is 71.1 Å². The van der Waals surface area contributed by atoms with Crippen LogP contribution in [0.5, 0.6) is 11.6 Å². The van der Waals surface area contributed by atoms with Crippen molar-refractivity contribution in [2.75, 3.05) is 18.5 Å². The number of ether oxygens (including phenoxy) is 2. The van der Waals surface area contributed by atoms with Gasteiger partial charge < -0.3 is 20.5 Å². The highest BCUT2D eigenvalue weighted by Crippen LogP contribution is 2.32. The molecule has 0 aliphatic carbocycles. The second-order valence-corrected chi connectivity index (χ2v) is 9.57. The van der Waals surface area contributed by atoms with Crippen molar-refractivity contribution in [3.05, 3.63) is 42.0 Å². The first kappa shape index (κ1) is 25.6. The van der Waals surface area contributed by atoms with Crippen molar-refractivity contribution in [3.8, 4) is 29.1 Å². The second kappa shape index (κ2) is 10.7. The van der Waals surface area contributed by atoms with Crippen LogP contribution in [0, 0.1) is 16.7 Å². The van der Waals surface area contributed by atoms with Crippen molar-refractivity contribution in [1.82, 2.24) is 24.7 Å². The summed E-state index contributed by atoms with van der Waals surface area (Å²) in [6.07, 6.45) is 7.16. The molecule has 4 bridgehead atoms. The van der Waals surface area contributed by atoms with Crippen LogP contribution >= 0.6 is 0 Å². The summed E-state index contributed by atoms with van der Waals surface area (Å²) in [6.45, 7) is 8.19. The van der Waals surface area contributed by atoms with Gasteiger partial charge in [-0.25, -0.2) is 19.6 Å². The smallest absolute Gasteiger partial charge is 0.222 e. The van der Waals surface area contributed by atoms with Gasteiger partial charge >= 0.3 is 0 Å². The lowest BCUT2D eigenvalue weighted by molar-refractivity contribution is 0.172. The third-order valence-electron chi connectivity index (χ3n) is 5.72. The topological polar surface area (TPSA) is 149 Å². The number of nitrogens with zero attached hydrogens (tertiary/aromatic N) is 7. The molecule has 11 nitrogen and oxygen atoms in total. The molecule has 4 heterocycles. The Morgan fingerprint density at radius 2 is 2.16 bits per heavy atom. The van der Waals surface area contributed by atoms with Gasteiger partial charge in [-0.1, -0.05) is 0 Å². The molecular weight excluding hydrogens is 470 g/mol. The van der Waals surface area contributed by atoms with E-state index in [0.717, 1.165) is 0 Å². The number of hydrogen-bond donors (Lipinski definition) is 2. The summed E-state index contributed by atoms with van der Waals surface area (Å²) >= 11 is 0. The molecule has 0 fully saturated rings. The fourth-order valence-electron chi connectivity index (χ4n) is 3.63. The van der Waals surface area contributed by atoms with Crippen molar-refractivity contribution >= 4 is 23.4 Å². The van der Waals surface area contributed by atoms with Crippen LogP contribution < -0.4 is 20.5 Å². The largest absolute Gasteiger partial charge is 0.490 e. The molecule has 3 aromatic rings. The number of pyridine rings is 1. The standard InChI is InChI=1S/C26H31N9O2/c1-16-7-9-36-25-20(13-32-35(25)5)24-30-8-6-22(34-24)33-23-10-21(37-16)19(12-31-23)18(17(2)28)11-29-15-26(3,4)14-27/h6,8,10-13,16H,7,9,15,28H2,1-5H3,(H,30,31,33,34)/b18-17+,29-11?/t16-/m0/s1. The number of rotatable bonds is 4. The quantitative estimate of drug-likeness (QED) is 0.508. The lowest BCUT2D eigenvalue weighted by Gasteiger charge is -2.20. The van der Waals surface area contributed by atoms with Crippen molar-refractivity contribution in [1.29, 1.82) is 5.26 Å². The minimum atomic E-state index is -0.584. The Kier molecular flexibility index (Phi) is 7.38. The SMILES string of the molecule is C/C(N)=C(/C=NCC(C)(C)C#N)c1cnc2cc1O[C@@H](C)CCOc1c(cnn1C)-c1nccc(n1)N2. The Labute approximate surface area is 216 Å². The first-order chi connectivity index (χ1) is 17.7. The molecule has 3 aromatic heterocycles. The van der Waals surface area contributed by atoms with Crippen LogP contribution in [0.25, 0.3) is 17.0 Å². The van der Waals surface area contributed by atoms with Crippen LogP contribution in [-0.2, 0) is 7.05 Å². The molecule has 0 saturated heterocycles. The van der Waals surface area contributed by atoms with Crippen LogP contribution in [0.4, 0.5) is 11.6 Å². The fraction of sp³-hybridized carbons (Fsp3) is 0.385. The Morgan fingerprint density at radius 3 is 2.92 bits per heavy atom. The highest BCUT2D eigenvalue weighted by atomic mass is 16.5. The number of aryl methyl sites for hydroxylation is 1. The molecule has 0 spiro atoms. The third kappa shape index (κ3) is 6.03. The summed E-state index contributed by atoms with van der Waals surface area (Å²) < 4.78 is 14.1. The Morgan fingerprint density at radius 1 is 1.35 bits per heavy atom. The van der Waals surface area contributed by atoms with Crippen molar-refractivity contribution < 1.29 is 9.47 Å². The van der Waals surface area contributed by atoms with Gasteiger partial charge in [0.2, 0.25) is 5.88 Å². The maximum absolute atomic E-state index is 9.31. The summed E-state index contributed by atoms with van der Waals surface area (Å²) in [6, 6.07) is 5.82. The van der Waals surface area contributed by atoms with Crippen LogP contribution in [0.3, 0.4) is 0 Å². The molecule has 0 aromatic carbocycles. The molecule has 37 heavy (non-hydrogen) atoms. The number of aromatic nitrogens is 5. The molecule has 4 rings (SSSR count). The van der Waals surface area contributed by atoms with Gasteiger partial charge in [0.15, 0.2) is 5.82 Å². The average Bonchev–Trinajstić information content (AvgIpc) is 3.22. The van der Waals surface area contributed by atoms with E-state index in [9.17, 15) is 5.26 Å². The summed E-state index contributed by atoms with van der Waals surface area (Å²) in [4.78, 5) is 18.1. The van der Waals surface area contributed by atoms with Crippen LogP contribution in [0.2, 0.25) is 0 Å². The van der Waals surface area contributed by atoms with Gasteiger partial charge in [-0.15, -0.1) is 0 Å². The molecule has 192 valence electrons. The van der Waals surface area contributed by atoms with E-state index in [1.165, 1.54) is 0 Å². The zero-order valence-corrected chi connectivity index (χ0v) is 21.7. The van der Waals surface area contributed by atoms with E-state index in [1.54, 1.807) is 42.5 Å². The summed E-state index contributed by atoms with van der Waals surface area (Å²) in [5, 5.41) is 16.9. The Balaban J connectivity index is 1.73. The van der Waals surface area contributed by atoms with Gasteiger partial charge in [-0.2, -0.15) is 10.4 Å². The average molecular weight is 502 g/mol. The van der Waals surface area contributed by atoms with Crippen molar-refractivity contribution in [2.24, 2.45) is 23.2 Å². The van der Waals surface area contributed by atoms with Crippen LogP contribution in [0.15, 0.2) is 41.4 Å². The highest BCUT2D eigenvalue weighted by molar-refractivity contribution is 6.11. The Hall–Kier alpha value is -4.46. The normalized spacial score (nSPS) is 16.4. The van der Waals surface area contributed by atoms with Gasteiger partial charge in [0.25, 0.3) is 0 Å². The van der Waals surface area contributed by atoms with E-state index in [2.05, 4.69) is 36.4 Å². The summed E-state index contributed by atoms with van der Waals surface area (Å²) in [5.41, 5.74) is 8.29. The van der Waals surface area contributed by atoms with Crippen molar-refractivity contribution in [2.45, 2.75) is 40.2 Å². The number of nitrogens with two attached hydrogens (primary N) is 1. The van der Waals surface area contributed by atoms with Gasteiger partial charge in [0.1, 0.15) is 22.9 Å². The summed E-state index contributed by atoms with van der Waals surface area (Å²) in [5.74, 6) is 2.77. The highest BCUT2D eigenvalue weighted by Gasteiger charge is 2.20. The fourth-order valence-corrected chi connectivity index (χ4v) is 3.63. The van der Waals surface area contributed by atoms with Gasteiger partial charge in [0, 0.05) is 55.0 Å². The van der Waals surface area contributed by atoms with Gasteiger partial charge in [-0.3, -0.25) is 4.99 Å². The van der Waals surface area contributed by atoms with E-state index in [4.69, 9.17) is 15.2 Å².